The molecular weight excluding hydrogens is 418 g/mol. The van der Waals surface area contributed by atoms with Crippen molar-refractivity contribution in [3.8, 4) is 5.75 Å². The molecule has 0 radical (unpaired) electrons. The minimum atomic E-state index is -0.707. The van der Waals surface area contributed by atoms with Crippen molar-refractivity contribution < 1.29 is 18.7 Å². The number of hydrogen-bond donors (Lipinski definition) is 1. The number of ether oxygens (including phenoxy) is 1. The second-order valence-corrected chi connectivity index (χ2v) is 7.12. The van der Waals surface area contributed by atoms with Gasteiger partial charge in [-0.3, -0.25) is 9.59 Å². The second kappa shape index (κ2) is 11.0. The summed E-state index contributed by atoms with van der Waals surface area (Å²) < 4.78 is 19.1. The van der Waals surface area contributed by atoms with Gasteiger partial charge >= 0.3 is 0 Å². The van der Waals surface area contributed by atoms with E-state index >= 15 is 0 Å². The molecule has 29 heavy (non-hydrogen) atoms. The summed E-state index contributed by atoms with van der Waals surface area (Å²) in [4.78, 5) is 26.8. The van der Waals surface area contributed by atoms with Gasteiger partial charge in [-0.05, 0) is 43.2 Å². The molecule has 0 aliphatic carbocycles. The van der Waals surface area contributed by atoms with E-state index in [0.717, 1.165) is 0 Å². The van der Waals surface area contributed by atoms with Crippen LogP contribution >= 0.6 is 23.2 Å². The fourth-order valence-corrected chi connectivity index (χ4v) is 3.15. The van der Waals surface area contributed by atoms with E-state index < -0.39 is 24.4 Å². The summed E-state index contributed by atoms with van der Waals surface area (Å²) >= 11 is 12.0. The van der Waals surface area contributed by atoms with Crippen molar-refractivity contribution in [3.05, 3.63) is 63.9 Å². The van der Waals surface area contributed by atoms with E-state index in [-0.39, 0.29) is 18.2 Å². The summed E-state index contributed by atoms with van der Waals surface area (Å²) in [6.45, 7) is 3.78. The predicted molar refractivity (Wildman–Crippen MR) is 112 cm³/mol. The first kappa shape index (κ1) is 23.0. The SMILES string of the molecule is CCNC(=O)[C@H](CC)N(Cc1ccc(Cl)c(Cl)c1)C(=O)COc1ccccc1F. The van der Waals surface area contributed by atoms with Crippen LogP contribution in [0.2, 0.25) is 10.0 Å². The molecule has 0 aliphatic heterocycles. The summed E-state index contributed by atoms with van der Waals surface area (Å²) in [5, 5.41) is 3.49. The number of benzene rings is 2. The minimum absolute atomic E-state index is 0.0265. The molecule has 0 bridgehead atoms. The van der Waals surface area contributed by atoms with E-state index in [0.29, 0.717) is 28.6 Å². The molecule has 0 saturated heterocycles. The zero-order chi connectivity index (χ0) is 21.4. The first-order chi connectivity index (χ1) is 13.9. The Hall–Kier alpha value is -2.31. The van der Waals surface area contributed by atoms with Crippen LogP contribution < -0.4 is 10.1 Å². The van der Waals surface area contributed by atoms with Crippen molar-refractivity contribution in [2.24, 2.45) is 0 Å². The molecule has 2 amide bonds. The smallest absolute Gasteiger partial charge is 0.261 e. The van der Waals surface area contributed by atoms with Crippen LogP contribution in [-0.4, -0.2) is 35.9 Å². The van der Waals surface area contributed by atoms with Crippen molar-refractivity contribution in [3.63, 3.8) is 0 Å². The monoisotopic (exact) mass is 440 g/mol. The highest BCUT2D eigenvalue weighted by atomic mass is 35.5. The van der Waals surface area contributed by atoms with Gasteiger partial charge in [0.15, 0.2) is 18.2 Å². The lowest BCUT2D eigenvalue weighted by molar-refractivity contribution is -0.143. The summed E-state index contributed by atoms with van der Waals surface area (Å²) in [5.74, 6) is -1.31. The van der Waals surface area contributed by atoms with E-state index in [1.54, 1.807) is 31.2 Å². The van der Waals surface area contributed by atoms with Gasteiger partial charge in [0.25, 0.3) is 5.91 Å². The van der Waals surface area contributed by atoms with E-state index in [2.05, 4.69) is 5.32 Å². The Bertz CT molecular complexity index is 864. The second-order valence-electron chi connectivity index (χ2n) is 6.31. The van der Waals surface area contributed by atoms with Crippen LogP contribution in [-0.2, 0) is 16.1 Å². The van der Waals surface area contributed by atoms with E-state index in [9.17, 15) is 14.0 Å². The Morgan fingerprint density at radius 3 is 2.48 bits per heavy atom. The number of rotatable bonds is 9. The lowest BCUT2D eigenvalue weighted by atomic mass is 10.1. The van der Waals surface area contributed by atoms with Gasteiger partial charge in [0.1, 0.15) is 6.04 Å². The van der Waals surface area contributed by atoms with Gasteiger partial charge in [-0.2, -0.15) is 0 Å². The van der Waals surface area contributed by atoms with Gasteiger partial charge in [0.2, 0.25) is 5.91 Å². The molecule has 0 unspecified atom stereocenters. The lowest BCUT2D eigenvalue weighted by Gasteiger charge is -2.30. The standard InChI is InChI=1S/C21H23Cl2FN2O3/c1-3-18(21(28)25-4-2)26(12-14-9-10-15(22)16(23)11-14)20(27)13-29-19-8-6-5-7-17(19)24/h5-11,18H,3-4,12-13H2,1-2H3,(H,25,28)/t18-/m0/s1. The highest BCUT2D eigenvalue weighted by Gasteiger charge is 2.29. The number of para-hydroxylation sites is 1. The number of carbonyl (C=O) groups excluding carboxylic acids is 2. The molecule has 0 aromatic heterocycles. The number of likely N-dealkylation sites (N-methyl/N-ethyl adjacent to an activating group) is 1. The predicted octanol–water partition coefficient (Wildman–Crippen LogP) is 4.45. The molecule has 0 spiro atoms. The van der Waals surface area contributed by atoms with Crippen LogP contribution in [0.5, 0.6) is 5.75 Å². The molecule has 1 atom stereocenters. The molecule has 0 fully saturated rings. The third kappa shape index (κ3) is 6.34. The van der Waals surface area contributed by atoms with Crippen molar-refractivity contribution in [1.82, 2.24) is 10.2 Å². The molecule has 1 N–H and O–H groups in total. The lowest BCUT2D eigenvalue weighted by Crippen LogP contribution is -2.50. The van der Waals surface area contributed by atoms with Gasteiger partial charge in [-0.25, -0.2) is 4.39 Å². The maximum Gasteiger partial charge on any atom is 0.261 e. The quantitative estimate of drug-likeness (QED) is 0.626. The number of nitrogens with one attached hydrogen (secondary N) is 1. The van der Waals surface area contributed by atoms with Crippen LogP contribution in [0.15, 0.2) is 42.5 Å². The molecule has 156 valence electrons. The van der Waals surface area contributed by atoms with Crippen LogP contribution in [0.1, 0.15) is 25.8 Å². The molecule has 2 aromatic rings. The Kier molecular flexibility index (Phi) is 8.73. The highest BCUT2D eigenvalue weighted by molar-refractivity contribution is 6.42. The van der Waals surface area contributed by atoms with Crippen LogP contribution in [0.3, 0.4) is 0 Å². The fourth-order valence-electron chi connectivity index (χ4n) is 2.83. The van der Waals surface area contributed by atoms with Crippen molar-refractivity contribution in [1.29, 1.82) is 0 Å². The fraction of sp³-hybridized carbons (Fsp3) is 0.333. The Morgan fingerprint density at radius 1 is 1.14 bits per heavy atom. The molecular formula is C21H23Cl2FN2O3. The van der Waals surface area contributed by atoms with Crippen LogP contribution in [0.4, 0.5) is 4.39 Å². The van der Waals surface area contributed by atoms with E-state index in [1.807, 2.05) is 6.92 Å². The average molecular weight is 441 g/mol. The van der Waals surface area contributed by atoms with Crippen molar-refractivity contribution >= 4 is 35.0 Å². The Balaban J connectivity index is 2.24. The maximum absolute atomic E-state index is 13.8. The van der Waals surface area contributed by atoms with Crippen LogP contribution in [0.25, 0.3) is 0 Å². The molecule has 0 saturated carbocycles. The summed E-state index contributed by atoms with van der Waals surface area (Å²) in [7, 11) is 0. The number of hydrogen-bond acceptors (Lipinski definition) is 3. The number of carbonyl (C=O) groups is 2. The number of halogens is 3. The largest absolute Gasteiger partial charge is 0.481 e. The first-order valence-corrected chi connectivity index (χ1v) is 10.0. The molecule has 8 heteroatoms. The normalized spacial score (nSPS) is 11.6. The zero-order valence-electron chi connectivity index (χ0n) is 16.3. The number of amides is 2. The van der Waals surface area contributed by atoms with Gasteiger partial charge in [0.05, 0.1) is 10.0 Å². The number of nitrogens with zero attached hydrogens (tertiary/aromatic N) is 1. The maximum atomic E-state index is 13.8. The molecule has 0 aliphatic rings. The molecule has 5 nitrogen and oxygen atoms in total. The zero-order valence-corrected chi connectivity index (χ0v) is 17.8. The average Bonchev–Trinajstić information content (AvgIpc) is 2.70. The van der Waals surface area contributed by atoms with Gasteiger partial charge in [0, 0.05) is 13.1 Å². The minimum Gasteiger partial charge on any atom is -0.481 e. The Labute approximate surface area is 179 Å². The highest BCUT2D eigenvalue weighted by Crippen LogP contribution is 2.24. The third-order valence-electron chi connectivity index (χ3n) is 4.26. The van der Waals surface area contributed by atoms with Gasteiger partial charge in [-0.15, -0.1) is 0 Å². The van der Waals surface area contributed by atoms with Crippen LogP contribution in [0, 0.1) is 5.82 Å². The molecule has 2 aromatic carbocycles. The summed E-state index contributed by atoms with van der Waals surface area (Å²) in [6.07, 6.45) is 0.401. The summed E-state index contributed by atoms with van der Waals surface area (Å²) in [5.41, 5.74) is 0.710. The van der Waals surface area contributed by atoms with Gasteiger partial charge in [-0.1, -0.05) is 48.3 Å². The van der Waals surface area contributed by atoms with Crippen molar-refractivity contribution in [2.75, 3.05) is 13.2 Å². The van der Waals surface area contributed by atoms with E-state index in [1.165, 1.54) is 23.1 Å². The van der Waals surface area contributed by atoms with E-state index in [4.69, 9.17) is 27.9 Å². The topological polar surface area (TPSA) is 58.6 Å². The molecule has 2 rings (SSSR count). The third-order valence-corrected chi connectivity index (χ3v) is 5.00. The molecule has 0 heterocycles. The van der Waals surface area contributed by atoms with Crippen molar-refractivity contribution in [2.45, 2.75) is 32.9 Å². The Morgan fingerprint density at radius 2 is 1.86 bits per heavy atom. The first-order valence-electron chi connectivity index (χ1n) is 9.25. The summed E-state index contributed by atoms with van der Waals surface area (Å²) in [6, 6.07) is 10.1. The van der Waals surface area contributed by atoms with Gasteiger partial charge < -0.3 is 15.0 Å².